The lowest BCUT2D eigenvalue weighted by Crippen LogP contribution is -2.44. The van der Waals surface area contributed by atoms with E-state index in [0.29, 0.717) is 25.6 Å². The lowest BCUT2D eigenvalue weighted by Gasteiger charge is -2.20. The van der Waals surface area contributed by atoms with Crippen molar-refractivity contribution in [2.45, 2.75) is 33.3 Å². The van der Waals surface area contributed by atoms with Crippen molar-refractivity contribution in [3.63, 3.8) is 0 Å². The fourth-order valence-corrected chi connectivity index (χ4v) is 1.41. The summed E-state index contributed by atoms with van der Waals surface area (Å²) in [6, 6.07) is 0. The Hall–Kier alpha value is -1.99. The molecule has 0 aromatic carbocycles. The van der Waals surface area contributed by atoms with Crippen LogP contribution >= 0.6 is 0 Å². The van der Waals surface area contributed by atoms with Gasteiger partial charge >= 0.3 is 12.1 Å². The summed E-state index contributed by atoms with van der Waals surface area (Å²) in [6.45, 7) is 8.45. The van der Waals surface area contributed by atoms with Gasteiger partial charge in [-0.3, -0.25) is 9.79 Å². The zero-order chi connectivity index (χ0) is 17.2. The molecule has 0 saturated heterocycles. The average Bonchev–Trinajstić information content (AvgIpc) is 2.43. The van der Waals surface area contributed by atoms with E-state index in [4.69, 9.17) is 4.74 Å². The van der Waals surface area contributed by atoms with Gasteiger partial charge in [-0.15, -0.1) is 0 Å². The Morgan fingerprint density at radius 3 is 2.23 bits per heavy atom. The van der Waals surface area contributed by atoms with Crippen LogP contribution in [-0.4, -0.2) is 57.4 Å². The van der Waals surface area contributed by atoms with Crippen molar-refractivity contribution in [2.24, 2.45) is 10.9 Å². The van der Waals surface area contributed by atoms with Crippen molar-refractivity contribution in [1.29, 1.82) is 0 Å². The molecular formula is C14H28N4O4. The van der Waals surface area contributed by atoms with E-state index in [1.807, 2.05) is 0 Å². The summed E-state index contributed by atoms with van der Waals surface area (Å²) in [6.07, 6.45) is -0.462. The number of alkyl carbamates (subject to hydrolysis) is 1. The van der Waals surface area contributed by atoms with Gasteiger partial charge in [0.05, 0.1) is 13.0 Å². The number of ether oxygens (including phenoxy) is 2. The van der Waals surface area contributed by atoms with Crippen molar-refractivity contribution in [3.8, 4) is 0 Å². The molecule has 22 heavy (non-hydrogen) atoms. The molecule has 0 aromatic rings. The maximum absolute atomic E-state index is 11.4. The normalized spacial score (nSPS) is 13.1. The number of rotatable bonds is 6. The van der Waals surface area contributed by atoms with Crippen molar-refractivity contribution in [2.75, 3.05) is 33.8 Å². The SMILES string of the molecule is CN=C(NCCNC(=O)OC(C)(C)C)NCC(C)C(=O)OC. The number of methoxy groups -OCH3 is 1. The molecule has 0 bridgehead atoms. The first-order valence-electron chi connectivity index (χ1n) is 7.18. The van der Waals surface area contributed by atoms with Gasteiger partial charge in [0.15, 0.2) is 5.96 Å². The first-order chi connectivity index (χ1) is 10.2. The lowest BCUT2D eigenvalue weighted by molar-refractivity contribution is -0.144. The van der Waals surface area contributed by atoms with E-state index in [9.17, 15) is 9.59 Å². The number of carbonyl (C=O) groups is 2. The smallest absolute Gasteiger partial charge is 0.407 e. The molecule has 3 N–H and O–H groups in total. The van der Waals surface area contributed by atoms with Gasteiger partial charge in [0.1, 0.15) is 5.60 Å². The Bertz CT molecular complexity index is 391. The molecule has 0 aromatic heterocycles. The molecule has 0 heterocycles. The molecule has 8 nitrogen and oxygen atoms in total. The molecule has 0 aliphatic rings. The minimum absolute atomic E-state index is 0.275. The average molecular weight is 316 g/mol. The summed E-state index contributed by atoms with van der Waals surface area (Å²) < 4.78 is 9.76. The molecule has 1 atom stereocenters. The highest BCUT2D eigenvalue weighted by molar-refractivity contribution is 5.80. The highest BCUT2D eigenvalue weighted by Gasteiger charge is 2.15. The Kier molecular flexibility index (Phi) is 8.97. The van der Waals surface area contributed by atoms with Gasteiger partial charge in [-0.2, -0.15) is 0 Å². The standard InChI is InChI=1S/C14H28N4O4/c1-10(11(19)21-6)9-18-12(15-5)16-7-8-17-13(20)22-14(2,3)4/h10H,7-9H2,1-6H3,(H,17,20)(H2,15,16,18). The molecular weight excluding hydrogens is 288 g/mol. The molecule has 0 rings (SSSR count). The van der Waals surface area contributed by atoms with E-state index in [2.05, 4.69) is 25.7 Å². The summed E-state index contributed by atoms with van der Waals surface area (Å²) >= 11 is 0. The molecule has 128 valence electrons. The fraction of sp³-hybridized carbons (Fsp3) is 0.786. The van der Waals surface area contributed by atoms with E-state index in [1.165, 1.54) is 7.11 Å². The lowest BCUT2D eigenvalue weighted by atomic mass is 10.2. The third kappa shape index (κ3) is 9.84. The summed E-state index contributed by atoms with van der Waals surface area (Å²) in [4.78, 5) is 26.7. The molecule has 0 aliphatic carbocycles. The van der Waals surface area contributed by atoms with Crippen LogP contribution in [0.5, 0.6) is 0 Å². The monoisotopic (exact) mass is 316 g/mol. The van der Waals surface area contributed by atoms with Gasteiger partial charge in [-0.05, 0) is 20.8 Å². The third-order valence-corrected chi connectivity index (χ3v) is 2.49. The number of nitrogens with one attached hydrogen (secondary N) is 3. The van der Waals surface area contributed by atoms with E-state index in [-0.39, 0.29) is 11.9 Å². The van der Waals surface area contributed by atoms with Gasteiger partial charge in [-0.1, -0.05) is 6.92 Å². The minimum atomic E-state index is -0.515. The minimum Gasteiger partial charge on any atom is -0.469 e. The summed E-state index contributed by atoms with van der Waals surface area (Å²) in [5, 5.41) is 8.65. The van der Waals surface area contributed by atoms with Gasteiger partial charge in [-0.25, -0.2) is 4.79 Å². The van der Waals surface area contributed by atoms with Crippen LogP contribution in [-0.2, 0) is 14.3 Å². The maximum Gasteiger partial charge on any atom is 0.407 e. The first kappa shape index (κ1) is 20.0. The summed E-state index contributed by atoms with van der Waals surface area (Å²) in [5.74, 6) is -0.0141. The number of amides is 1. The van der Waals surface area contributed by atoms with Crippen LogP contribution in [0.4, 0.5) is 4.79 Å². The largest absolute Gasteiger partial charge is 0.469 e. The second-order valence-corrected chi connectivity index (χ2v) is 5.73. The van der Waals surface area contributed by atoms with Gasteiger partial charge < -0.3 is 25.4 Å². The molecule has 0 spiro atoms. The molecule has 8 heteroatoms. The summed E-state index contributed by atoms with van der Waals surface area (Å²) in [5.41, 5.74) is -0.515. The van der Waals surface area contributed by atoms with Gasteiger partial charge in [0.25, 0.3) is 0 Å². The zero-order valence-corrected chi connectivity index (χ0v) is 14.3. The second-order valence-electron chi connectivity index (χ2n) is 5.73. The molecule has 1 unspecified atom stereocenters. The number of hydrogen-bond donors (Lipinski definition) is 3. The number of guanidine groups is 1. The fourth-order valence-electron chi connectivity index (χ4n) is 1.41. The third-order valence-electron chi connectivity index (χ3n) is 2.49. The number of carbonyl (C=O) groups excluding carboxylic acids is 2. The Morgan fingerprint density at radius 1 is 1.14 bits per heavy atom. The van der Waals surface area contributed by atoms with Crippen molar-refractivity contribution >= 4 is 18.0 Å². The topological polar surface area (TPSA) is 101 Å². The van der Waals surface area contributed by atoms with Crippen LogP contribution in [0.2, 0.25) is 0 Å². The molecule has 0 aliphatic heterocycles. The van der Waals surface area contributed by atoms with Crippen LogP contribution in [0.1, 0.15) is 27.7 Å². The van der Waals surface area contributed by atoms with Crippen molar-refractivity contribution in [3.05, 3.63) is 0 Å². The van der Waals surface area contributed by atoms with Crippen LogP contribution in [0.3, 0.4) is 0 Å². The van der Waals surface area contributed by atoms with Gasteiger partial charge in [0, 0.05) is 26.7 Å². The Balaban J connectivity index is 3.93. The van der Waals surface area contributed by atoms with E-state index in [1.54, 1.807) is 34.7 Å². The Morgan fingerprint density at radius 2 is 1.73 bits per heavy atom. The highest BCUT2D eigenvalue weighted by Crippen LogP contribution is 2.05. The van der Waals surface area contributed by atoms with E-state index < -0.39 is 11.7 Å². The van der Waals surface area contributed by atoms with Crippen LogP contribution in [0.15, 0.2) is 4.99 Å². The predicted molar refractivity (Wildman–Crippen MR) is 84.8 cm³/mol. The predicted octanol–water partition coefficient (Wildman–Crippen LogP) is 0.485. The number of aliphatic imine (C=N–C) groups is 1. The van der Waals surface area contributed by atoms with Gasteiger partial charge in [0.2, 0.25) is 0 Å². The first-order valence-corrected chi connectivity index (χ1v) is 7.18. The second kappa shape index (κ2) is 9.86. The number of esters is 1. The summed E-state index contributed by atoms with van der Waals surface area (Å²) in [7, 11) is 2.98. The number of nitrogens with zero attached hydrogens (tertiary/aromatic N) is 1. The molecule has 0 radical (unpaired) electrons. The molecule has 1 amide bonds. The molecule has 0 saturated carbocycles. The zero-order valence-electron chi connectivity index (χ0n) is 14.3. The quantitative estimate of drug-likeness (QED) is 0.285. The highest BCUT2D eigenvalue weighted by atomic mass is 16.6. The Labute approximate surface area is 132 Å². The molecule has 0 fully saturated rings. The van der Waals surface area contributed by atoms with Crippen molar-refractivity contribution < 1.29 is 19.1 Å². The van der Waals surface area contributed by atoms with Crippen LogP contribution < -0.4 is 16.0 Å². The van der Waals surface area contributed by atoms with E-state index >= 15 is 0 Å². The van der Waals surface area contributed by atoms with E-state index in [0.717, 1.165) is 0 Å². The number of hydrogen-bond acceptors (Lipinski definition) is 5. The van der Waals surface area contributed by atoms with Crippen molar-refractivity contribution in [1.82, 2.24) is 16.0 Å². The van der Waals surface area contributed by atoms with Crippen LogP contribution in [0.25, 0.3) is 0 Å². The van der Waals surface area contributed by atoms with Crippen LogP contribution in [0, 0.1) is 5.92 Å². The maximum atomic E-state index is 11.4.